The van der Waals surface area contributed by atoms with Gasteiger partial charge in [-0.25, -0.2) is 0 Å². The average Bonchev–Trinajstić information content (AvgIpc) is 4.11. The number of likely N-dealkylation sites (N-methyl/N-ethyl adjacent to an activating group) is 2. The van der Waals surface area contributed by atoms with Crippen LogP contribution >= 0.6 is 0 Å². The minimum absolute atomic E-state index is 0.00803. The van der Waals surface area contributed by atoms with Crippen molar-refractivity contribution >= 4 is 17.5 Å². The number of nitrogens with one attached hydrogen (secondary N) is 1. The first-order valence-electron chi connectivity index (χ1n) is 22.7. The summed E-state index contributed by atoms with van der Waals surface area (Å²) in [4.78, 5) is 33.0. The van der Waals surface area contributed by atoms with Gasteiger partial charge < -0.3 is 39.3 Å². The van der Waals surface area contributed by atoms with E-state index in [4.69, 9.17) is 19.1 Å². The van der Waals surface area contributed by atoms with Gasteiger partial charge in [-0.05, 0) is 146 Å². The zero-order chi connectivity index (χ0) is 48.8. The fourth-order valence-electron chi connectivity index (χ4n) is 7.95. The molecule has 14 nitrogen and oxygen atoms in total. The maximum absolute atomic E-state index is 12.9. The van der Waals surface area contributed by atoms with Gasteiger partial charge in [0.1, 0.15) is 30.2 Å². The van der Waals surface area contributed by atoms with E-state index in [0.717, 1.165) is 78.6 Å². The van der Waals surface area contributed by atoms with Crippen molar-refractivity contribution in [1.82, 2.24) is 25.3 Å². The fourth-order valence-corrected chi connectivity index (χ4v) is 7.95. The van der Waals surface area contributed by atoms with Crippen molar-refractivity contribution < 1.29 is 33.8 Å². The zero-order valence-corrected chi connectivity index (χ0v) is 40.1. The molecule has 14 heteroatoms. The fraction of sp³-hybridized carbons (Fsp3) is 0.396. The summed E-state index contributed by atoms with van der Waals surface area (Å²) in [6.45, 7) is 12.3. The quantitative estimate of drug-likeness (QED) is 0.0963. The van der Waals surface area contributed by atoms with E-state index < -0.39 is 6.61 Å². The Hall–Kier alpha value is -6.84. The van der Waals surface area contributed by atoms with Gasteiger partial charge >= 0.3 is 0 Å². The number of aryl methyl sites for hydroxylation is 1. The van der Waals surface area contributed by atoms with Crippen LogP contribution in [0.2, 0.25) is 0 Å². The molecule has 2 amide bonds. The number of rotatable bonds is 14. The Balaban J connectivity index is 0.000000226. The van der Waals surface area contributed by atoms with Crippen LogP contribution < -0.4 is 14.8 Å². The number of aromatic nitrogens is 2. The number of allylic oxidation sites excluding steroid dienone is 1. The molecule has 5 aromatic rings. The van der Waals surface area contributed by atoms with E-state index in [1.807, 2.05) is 78.7 Å². The van der Waals surface area contributed by atoms with Gasteiger partial charge in [-0.3, -0.25) is 9.59 Å². The molecule has 0 saturated carbocycles. The van der Waals surface area contributed by atoms with E-state index >= 15 is 0 Å². The van der Waals surface area contributed by atoms with Crippen LogP contribution in [0.1, 0.15) is 116 Å². The van der Waals surface area contributed by atoms with Crippen LogP contribution in [0.25, 0.3) is 28.5 Å². The summed E-state index contributed by atoms with van der Waals surface area (Å²) in [6, 6.07) is 26.6. The molecule has 1 heterocycles. The van der Waals surface area contributed by atoms with Crippen molar-refractivity contribution in [3.05, 3.63) is 123 Å². The van der Waals surface area contributed by atoms with Crippen LogP contribution in [0.5, 0.6) is 11.5 Å². The highest BCUT2D eigenvalue weighted by Crippen LogP contribution is 2.40. The number of hydrogen-bond donors (Lipinski definition) is 3. The van der Waals surface area contributed by atoms with Crippen molar-refractivity contribution in [2.24, 2.45) is 0 Å². The maximum atomic E-state index is 12.9. The van der Waals surface area contributed by atoms with E-state index in [1.165, 1.54) is 11.1 Å². The molecule has 352 valence electrons. The number of benzene rings is 4. The van der Waals surface area contributed by atoms with Crippen molar-refractivity contribution in [2.45, 2.75) is 98.3 Å². The van der Waals surface area contributed by atoms with Crippen LogP contribution in [0, 0.1) is 22.7 Å². The first kappa shape index (κ1) is 51.1. The molecule has 2 aliphatic carbocycles. The first-order chi connectivity index (χ1) is 32.1. The van der Waals surface area contributed by atoms with Crippen molar-refractivity contribution in [2.75, 3.05) is 40.9 Å². The SMILES string of the molecule is CC(C)=C(NC(=O)c1ccc(OC(C)C)c(C#N)c1)c1cccc2c1CCC2.CCC(C)Oc1ccc(-c2nc(-c3cccc4c3CCC4N(C)C(=O)CO)no2)cc1C#N.CN(C)CCO. The largest absolute Gasteiger partial charge is 0.490 e. The molecule has 0 spiro atoms. The highest BCUT2D eigenvalue weighted by atomic mass is 16.5. The minimum atomic E-state index is -0.512. The van der Waals surface area contributed by atoms with E-state index in [2.05, 4.69) is 45.8 Å². The first-order valence-corrected chi connectivity index (χ1v) is 22.7. The second-order valence-electron chi connectivity index (χ2n) is 17.3. The summed E-state index contributed by atoms with van der Waals surface area (Å²) in [5, 5.41) is 43.6. The summed E-state index contributed by atoms with van der Waals surface area (Å²) in [5.74, 6) is 1.27. The molecule has 3 N–H and O–H groups in total. The van der Waals surface area contributed by atoms with Gasteiger partial charge in [-0.1, -0.05) is 54.1 Å². The van der Waals surface area contributed by atoms with Gasteiger partial charge in [0.15, 0.2) is 0 Å². The zero-order valence-electron chi connectivity index (χ0n) is 40.1. The van der Waals surface area contributed by atoms with Gasteiger partial charge in [-0.2, -0.15) is 15.5 Å². The topological polar surface area (TPSA) is 198 Å². The smallest absolute Gasteiger partial charge is 0.258 e. The highest BCUT2D eigenvalue weighted by Gasteiger charge is 2.31. The molecule has 0 bridgehead atoms. The van der Waals surface area contributed by atoms with Crippen molar-refractivity contribution in [1.29, 1.82) is 10.5 Å². The summed E-state index contributed by atoms with van der Waals surface area (Å²) < 4.78 is 17.0. The molecule has 2 atom stereocenters. The van der Waals surface area contributed by atoms with Crippen LogP contribution in [0.4, 0.5) is 0 Å². The predicted molar refractivity (Wildman–Crippen MR) is 258 cm³/mol. The number of amides is 2. The highest BCUT2D eigenvalue weighted by molar-refractivity contribution is 6.00. The Morgan fingerprint density at radius 1 is 0.896 bits per heavy atom. The monoisotopic (exact) mass is 909 g/mol. The molecular weight excluding hydrogens is 847 g/mol. The van der Waals surface area contributed by atoms with E-state index in [-0.39, 0.29) is 36.7 Å². The van der Waals surface area contributed by atoms with E-state index in [1.54, 1.807) is 48.3 Å². The lowest BCUT2D eigenvalue weighted by Crippen LogP contribution is -2.32. The van der Waals surface area contributed by atoms with Gasteiger partial charge in [-0.15, -0.1) is 0 Å². The van der Waals surface area contributed by atoms with Gasteiger partial charge in [0, 0.05) is 41.5 Å². The normalized spacial score (nSPS) is 13.7. The third kappa shape index (κ3) is 13.0. The van der Waals surface area contributed by atoms with Gasteiger partial charge in [0.25, 0.3) is 11.8 Å². The molecule has 7 rings (SSSR count). The number of ether oxygens (including phenoxy) is 2. The number of aliphatic hydroxyl groups excluding tert-OH is 2. The number of hydrogen-bond acceptors (Lipinski definition) is 12. The van der Waals surface area contributed by atoms with E-state index in [9.17, 15) is 25.2 Å². The van der Waals surface area contributed by atoms with Crippen LogP contribution in [-0.4, -0.2) is 95.1 Å². The molecule has 0 aliphatic heterocycles. The second kappa shape index (κ2) is 24.1. The number of nitrogens with zero attached hydrogens (tertiary/aromatic N) is 6. The Bertz CT molecular complexity index is 2630. The second-order valence-corrected chi connectivity index (χ2v) is 17.3. The number of aliphatic hydroxyl groups is 2. The van der Waals surface area contributed by atoms with Crippen LogP contribution in [-0.2, 0) is 24.1 Å². The molecule has 2 unspecified atom stereocenters. The third-order valence-electron chi connectivity index (χ3n) is 11.6. The maximum Gasteiger partial charge on any atom is 0.258 e. The molecule has 4 aromatic carbocycles. The molecule has 0 radical (unpaired) electrons. The number of carbonyl (C=O) groups is 2. The Morgan fingerprint density at radius 2 is 1.60 bits per heavy atom. The van der Waals surface area contributed by atoms with Gasteiger partial charge in [0.2, 0.25) is 11.7 Å². The summed E-state index contributed by atoms with van der Waals surface area (Å²) in [5.41, 5.74) is 10.5. The van der Waals surface area contributed by atoms with Crippen molar-refractivity contribution in [3.8, 4) is 46.5 Å². The number of carbonyl (C=O) groups excluding carboxylic acids is 2. The lowest BCUT2D eigenvalue weighted by atomic mass is 9.98. The Morgan fingerprint density at radius 3 is 2.24 bits per heavy atom. The molecule has 1 aromatic heterocycles. The molecule has 67 heavy (non-hydrogen) atoms. The molecule has 2 aliphatic rings. The standard InChI is InChI=1S/C25H26N4O4.C24H26N2O2.C4H11NO/c1-4-15(2)32-22-11-8-16(12-17(22)13-26)25-27-24(28-33-25)20-7-5-6-19-18(20)9-10-21(19)29(3)23(31)14-30;1-15(2)23(21-10-6-8-17-7-5-9-20(17)21)26-24(27)18-11-12-22(28-16(3)4)19(13-18)14-25;1-5(2)3-4-6/h5-8,11-12,15,21,30H,4,9-10,14H2,1-3H3;6,8,10-13,16H,5,7,9H2,1-4H3,(H,26,27);6H,3-4H2,1-2H3. The summed E-state index contributed by atoms with van der Waals surface area (Å²) in [7, 11) is 5.56. The van der Waals surface area contributed by atoms with Gasteiger partial charge in [0.05, 0.1) is 36.0 Å². The predicted octanol–water partition coefficient (Wildman–Crippen LogP) is 8.45. The minimum Gasteiger partial charge on any atom is -0.490 e. The molecule has 0 saturated heterocycles. The average molecular weight is 910 g/mol. The summed E-state index contributed by atoms with van der Waals surface area (Å²) >= 11 is 0. The lowest BCUT2D eigenvalue weighted by molar-refractivity contribution is -0.135. The third-order valence-corrected chi connectivity index (χ3v) is 11.6. The molecular formula is C53H63N7O7. The number of nitriles is 2. The lowest BCUT2D eigenvalue weighted by Gasteiger charge is -2.24. The Labute approximate surface area is 394 Å². The van der Waals surface area contributed by atoms with Crippen LogP contribution in [0.3, 0.4) is 0 Å². The number of fused-ring (bicyclic) bond motifs is 2. The molecule has 0 fully saturated rings. The summed E-state index contributed by atoms with van der Waals surface area (Å²) in [6.07, 6.45) is 5.63. The Kier molecular flexibility index (Phi) is 18.4. The van der Waals surface area contributed by atoms with E-state index in [0.29, 0.717) is 45.5 Å². The van der Waals surface area contributed by atoms with Crippen molar-refractivity contribution in [3.63, 3.8) is 0 Å². The van der Waals surface area contributed by atoms with Crippen LogP contribution in [0.15, 0.2) is 82.9 Å².